The van der Waals surface area contributed by atoms with Gasteiger partial charge in [-0.1, -0.05) is 18.3 Å². The molecule has 0 saturated heterocycles. The molecule has 0 aliphatic carbocycles. The molecule has 0 radical (unpaired) electrons. The molecule has 0 amide bonds. The van der Waals surface area contributed by atoms with Gasteiger partial charge < -0.3 is 4.74 Å². The molecular weight excluding hydrogens is 148 g/mol. The molecule has 0 aromatic heterocycles. The first kappa shape index (κ1) is 9.30. The number of esters is 1. The largest absolute Gasteiger partial charge is 0.466 e. The Morgan fingerprint density at radius 1 is 1.70 bits per heavy atom. The van der Waals surface area contributed by atoms with Gasteiger partial charge in [0, 0.05) is 6.08 Å². The number of allylic oxidation sites excluding steroid dienone is 1. The van der Waals surface area contributed by atoms with Crippen molar-refractivity contribution in [3.05, 3.63) is 12.2 Å². The highest BCUT2D eigenvalue weighted by Gasteiger charge is 1.88. The quantitative estimate of drug-likeness (QED) is 0.353. The second-order valence-corrected chi connectivity index (χ2v) is 2.53. The molecule has 3 heteroatoms. The number of hydrogen-bond acceptors (Lipinski definition) is 3. The molecule has 0 aliphatic heterocycles. The fraction of sp³-hybridized carbons (Fsp3) is 0.429. The third-order valence-electron chi connectivity index (χ3n) is 0.860. The first-order valence-corrected chi connectivity index (χ1v) is 3.31. The van der Waals surface area contributed by atoms with E-state index >= 15 is 0 Å². The zero-order valence-corrected chi connectivity index (χ0v) is 6.90. The lowest BCUT2D eigenvalue weighted by atomic mass is 10.3. The van der Waals surface area contributed by atoms with Gasteiger partial charge in [0.2, 0.25) is 0 Å². The molecule has 0 saturated carbocycles. The maximum Gasteiger partial charge on any atom is 0.330 e. The van der Waals surface area contributed by atoms with Crippen molar-refractivity contribution in [3.63, 3.8) is 0 Å². The summed E-state index contributed by atoms with van der Waals surface area (Å²) in [5, 5.41) is 0. The van der Waals surface area contributed by atoms with Crippen LogP contribution in [0.15, 0.2) is 12.2 Å². The molecule has 0 rings (SSSR count). The molecule has 0 fully saturated rings. The van der Waals surface area contributed by atoms with Gasteiger partial charge in [0.25, 0.3) is 0 Å². The van der Waals surface area contributed by atoms with Crippen molar-refractivity contribution < 1.29 is 9.53 Å². The van der Waals surface area contributed by atoms with Gasteiger partial charge in [-0.3, -0.25) is 0 Å². The summed E-state index contributed by atoms with van der Waals surface area (Å²) in [6.07, 6.45) is 3.72. The lowest BCUT2D eigenvalue weighted by Crippen LogP contribution is -1.94. The topological polar surface area (TPSA) is 26.3 Å². The van der Waals surface area contributed by atoms with Crippen LogP contribution >= 0.6 is 12.2 Å². The average molecular weight is 158 g/mol. The highest BCUT2D eigenvalue weighted by atomic mass is 32.1. The Kier molecular flexibility index (Phi) is 4.76. The van der Waals surface area contributed by atoms with Gasteiger partial charge in [0.05, 0.1) is 7.11 Å². The average Bonchev–Trinajstić information content (AvgIpc) is 1.87. The van der Waals surface area contributed by atoms with E-state index < -0.39 is 0 Å². The van der Waals surface area contributed by atoms with Gasteiger partial charge >= 0.3 is 5.97 Å². The van der Waals surface area contributed by atoms with Gasteiger partial charge in [-0.05, 0) is 18.2 Å². The Labute approximate surface area is 65.9 Å². The SMILES string of the molecule is COC(=O)C=CCC(C)=S. The van der Waals surface area contributed by atoms with E-state index in [1.807, 2.05) is 6.92 Å². The van der Waals surface area contributed by atoms with Crippen LogP contribution in [0.2, 0.25) is 0 Å². The minimum absolute atomic E-state index is 0.337. The highest BCUT2D eigenvalue weighted by molar-refractivity contribution is 7.80. The third kappa shape index (κ3) is 5.44. The third-order valence-corrected chi connectivity index (χ3v) is 1.03. The van der Waals surface area contributed by atoms with Crippen LogP contribution in [0, 0.1) is 0 Å². The Bertz CT molecular complexity index is 161. The standard InChI is InChI=1S/C7H10O2S/c1-6(10)4-3-5-7(8)9-2/h3,5H,4H2,1-2H3. The molecule has 0 aliphatic rings. The number of methoxy groups -OCH3 is 1. The molecule has 0 aromatic rings. The minimum atomic E-state index is -0.337. The fourth-order valence-corrected chi connectivity index (χ4v) is 0.485. The number of carbonyl (C=O) groups excluding carboxylic acids is 1. The van der Waals surface area contributed by atoms with Crippen LogP contribution in [0.5, 0.6) is 0 Å². The van der Waals surface area contributed by atoms with Crippen LogP contribution in [0.25, 0.3) is 0 Å². The minimum Gasteiger partial charge on any atom is -0.466 e. The van der Waals surface area contributed by atoms with Crippen molar-refractivity contribution in [1.29, 1.82) is 0 Å². The van der Waals surface area contributed by atoms with Gasteiger partial charge in [0.1, 0.15) is 0 Å². The van der Waals surface area contributed by atoms with Crippen molar-refractivity contribution in [2.24, 2.45) is 0 Å². The number of thiocarbonyl (C=S) groups is 1. The lowest BCUT2D eigenvalue weighted by molar-refractivity contribution is -0.134. The summed E-state index contributed by atoms with van der Waals surface area (Å²) < 4.78 is 4.36. The van der Waals surface area contributed by atoms with E-state index in [1.54, 1.807) is 6.08 Å². The smallest absolute Gasteiger partial charge is 0.330 e. The van der Waals surface area contributed by atoms with Crippen LogP contribution < -0.4 is 0 Å². The van der Waals surface area contributed by atoms with Crippen molar-refractivity contribution in [1.82, 2.24) is 0 Å². The summed E-state index contributed by atoms with van der Waals surface area (Å²) in [6.45, 7) is 1.83. The number of ether oxygens (including phenoxy) is 1. The van der Waals surface area contributed by atoms with E-state index in [-0.39, 0.29) is 5.97 Å². The second kappa shape index (κ2) is 5.11. The predicted octanol–water partition coefficient (Wildman–Crippen LogP) is 1.50. The van der Waals surface area contributed by atoms with Crippen molar-refractivity contribution in [2.75, 3.05) is 7.11 Å². The lowest BCUT2D eigenvalue weighted by Gasteiger charge is -1.88. The zero-order chi connectivity index (χ0) is 7.98. The maximum atomic E-state index is 10.4. The van der Waals surface area contributed by atoms with E-state index in [0.717, 1.165) is 4.86 Å². The van der Waals surface area contributed by atoms with Crippen molar-refractivity contribution in [2.45, 2.75) is 13.3 Å². The van der Waals surface area contributed by atoms with Crippen LogP contribution in [-0.2, 0) is 9.53 Å². The predicted molar refractivity (Wildman–Crippen MR) is 44.0 cm³/mol. The van der Waals surface area contributed by atoms with Gasteiger partial charge in [-0.25, -0.2) is 4.79 Å². The molecule has 0 atom stereocenters. The van der Waals surface area contributed by atoms with E-state index in [9.17, 15) is 4.79 Å². The molecule has 0 heterocycles. The molecule has 2 nitrogen and oxygen atoms in total. The first-order valence-electron chi connectivity index (χ1n) is 2.90. The zero-order valence-electron chi connectivity index (χ0n) is 6.09. The normalized spacial score (nSPS) is 9.80. The molecule has 0 N–H and O–H groups in total. The molecular formula is C7H10O2S. The van der Waals surface area contributed by atoms with E-state index in [1.165, 1.54) is 13.2 Å². The summed E-state index contributed by atoms with van der Waals surface area (Å²) >= 11 is 4.78. The van der Waals surface area contributed by atoms with E-state index in [2.05, 4.69) is 4.74 Å². The Balaban J connectivity index is 3.56. The number of carbonyl (C=O) groups is 1. The Morgan fingerprint density at radius 3 is 2.70 bits per heavy atom. The number of rotatable bonds is 3. The summed E-state index contributed by atoms with van der Waals surface area (Å²) in [5.41, 5.74) is 0. The molecule has 56 valence electrons. The van der Waals surface area contributed by atoms with E-state index in [4.69, 9.17) is 12.2 Å². The van der Waals surface area contributed by atoms with Crippen LogP contribution in [0.3, 0.4) is 0 Å². The van der Waals surface area contributed by atoms with Crippen LogP contribution in [0.4, 0.5) is 0 Å². The van der Waals surface area contributed by atoms with Crippen molar-refractivity contribution in [3.8, 4) is 0 Å². The molecule has 0 unspecified atom stereocenters. The monoisotopic (exact) mass is 158 g/mol. The van der Waals surface area contributed by atoms with Gasteiger partial charge in [-0.15, -0.1) is 0 Å². The molecule has 0 spiro atoms. The Hall–Kier alpha value is -0.700. The highest BCUT2D eigenvalue weighted by Crippen LogP contribution is 1.88. The first-order chi connectivity index (χ1) is 4.66. The number of hydrogen-bond donors (Lipinski definition) is 0. The fourth-order valence-electron chi connectivity index (χ4n) is 0.389. The van der Waals surface area contributed by atoms with Gasteiger partial charge in [-0.2, -0.15) is 0 Å². The summed E-state index contributed by atoms with van der Waals surface area (Å²) in [4.78, 5) is 11.3. The molecule has 0 aromatic carbocycles. The molecule has 0 bridgehead atoms. The maximum absolute atomic E-state index is 10.4. The van der Waals surface area contributed by atoms with Crippen molar-refractivity contribution >= 4 is 23.1 Å². The van der Waals surface area contributed by atoms with Gasteiger partial charge in [0.15, 0.2) is 0 Å². The summed E-state index contributed by atoms with van der Waals surface area (Å²) in [7, 11) is 1.34. The van der Waals surface area contributed by atoms with Crippen LogP contribution in [-0.4, -0.2) is 17.9 Å². The second-order valence-electron chi connectivity index (χ2n) is 1.83. The van der Waals surface area contributed by atoms with E-state index in [0.29, 0.717) is 6.42 Å². The summed E-state index contributed by atoms with van der Waals surface area (Å²) in [5.74, 6) is -0.337. The summed E-state index contributed by atoms with van der Waals surface area (Å²) in [6, 6.07) is 0. The van der Waals surface area contributed by atoms with Crippen LogP contribution in [0.1, 0.15) is 13.3 Å². The Morgan fingerprint density at radius 2 is 2.30 bits per heavy atom. The molecule has 10 heavy (non-hydrogen) atoms.